The fraction of sp³-hybridized carbons (Fsp3) is 0.111. The molecule has 9 heteroatoms. The van der Waals surface area contributed by atoms with Gasteiger partial charge in [0.05, 0.1) is 5.56 Å². The lowest BCUT2D eigenvalue weighted by Gasteiger charge is -2.19. The maximum atomic E-state index is 13.2. The van der Waals surface area contributed by atoms with Gasteiger partial charge in [0, 0.05) is 16.9 Å². The van der Waals surface area contributed by atoms with Crippen molar-refractivity contribution in [1.29, 1.82) is 0 Å². The Hall–Kier alpha value is -3.95. The van der Waals surface area contributed by atoms with Gasteiger partial charge in [0.15, 0.2) is 0 Å². The van der Waals surface area contributed by atoms with E-state index in [-0.39, 0.29) is 9.77 Å². The van der Waals surface area contributed by atoms with Gasteiger partial charge < -0.3 is 10.1 Å². The Morgan fingerprint density at radius 2 is 1.61 bits per heavy atom. The van der Waals surface area contributed by atoms with Crippen LogP contribution in [-0.2, 0) is 19.6 Å². The van der Waals surface area contributed by atoms with Crippen molar-refractivity contribution in [3.8, 4) is 0 Å². The third-order valence-electron chi connectivity index (χ3n) is 5.35. The van der Waals surface area contributed by atoms with Crippen molar-refractivity contribution in [3.63, 3.8) is 0 Å². The van der Waals surface area contributed by atoms with Crippen LogP contribution in [0.3, 0.4) is 0 Å². The van der Waals surface area contributed by atoms with Crippen LogP contribution in [0.15, 0.2) is 94.5 Å². The Labute approximate surface area is 213 Å². The van der Waals surface area contributed by atoms with Gasteiger partial charge in [-0.15, -0.1) is 11.3 Å². The molecule has 1 amide bonds. The molecule has 1 unspecified atom stereocenters. The molecule has 1 heterocycles. The Morgan fingerprint density at radius 3 is 2.28 bits per heavy atom. The molecule has 36 heavy (non-hydrogen) atoms. The van der Waals surface area contributed by atoms with Crippen LogP contribution >= 0.6 is 11.3 Å². The van der Waals surface area contributed by atoms with Gasteiger partial charge in [0.25, 0.3) is 15.9 Å². The number of hydrogen-bond donors (Lipinski definition) is 2. The number of benzene rings is 3. The number of nitrogens with one attached hydrogen (secondary N) is 2. The predicted molar refractivity (Wildman–Crippen MR) is 141 cm³/mol. The molecule has 0 fully saturated rings. The van der Waals surface area contributed by atoms with E-state index in [0.717, 1.165) is 22.5 Å². The number of thiophene rings is 1. The highest BCUT2D eigenvalue weighted by Crippen LogP contribution is 2.25. The first-order valence-corrected chi connectivity index (χ1v) is 13.4. The van der Waals surface area contributed by atoms with E-state index in [1.807, 2.05) is 32.0 Å². The first-order valence-electron chi connectivity index (χ1n) is 11.0. The van der Waals surface area contributed by atoms with Crippen molar-refractivity contribution >= 4 is 44.6 Å². The monoisotopic (exact) mass is 520 g/mol. The maximum absolute atomic E-state index is 13.2. The van der Waals surface area contributed by atoms with Crippen molar-refractivity contribution in [2.45, 2.75) is 24.2 Å². The number of esters is 1. The summed E-state index contributed by atoms with van der Waals surface area (Å²) in [6.45, 7) is 3.81. The van der Waals surface area contributed by atoms with E-state index in [2.05, 4.69) is 10.0 Å². The zero-order chi connectivity index (χ0) is 25.7. The van der Waals surface area contributed by atoms with Crippen LogP contribution in [0.2, 0.25) is 0 Å². The molecule has 4 rings (SSSR count). The summed E-state index contributed by atoms with van der Waals surface area (Å²) in [5.41, 5.74) is 3.50. The van der Waals surface area contributed by atoms with Crippen LogP contribution in [0, 0.1) is 13.8 Å². The number of ether oxygens (including phenoxy) is 1. The number of aryl methyl sites for hydroxylation is 2. The third-order valence-corrected chi connectivity index (χ3v) is 8.13. The molecule has 0 saturated carbocycles. The molecule has 0 aliphatic rings. The number of amides is 1. The van der Waals surface area contributed by atoms with Crippen molar-refractivity contribution in [3.05, 3.63) is 113 Å². The van der Waals surface area contributed by atoms with Gasteiger partial charge in [-0.05, 0) is 66.8 Å². The molecule has 0 aliphatic heterocycles. The summed E-state index contributed by atoms with van der Waals surface area (Å²) in [6, 6.07) is 23.4. The van der Waals surface area contributed by atoms with Gasteiger partial charge in [-0.2, -0.15) is 0 Å². The topological polar surface area (TPSA) is 102 Å². The molecule has 0 radical (unpaired) electrons. The lowest BCUT2D eigenvalue weighted by molar-refractivity contribution is -0.125. The summed E-state index contributed by atoms with van der Waals surface area (Å²) in [4.78, 5) is 26.2. The predicted octanol–water partition coefficient (Wildman–Crippen LogP) is 5.70. The summed E-state index contributed by atoms with van der Waals surface area (Å²) in [5.74, 6) is -1.20. The second kappa shape index (κ2) is 10.8. The van der Waals surface area contributed by atoms with Crippen LogP contribution in [0.25, 0.3) is 0 Å². The molecule has 184 valence electrons. The Morgan fingerprint density at radius 1 is 0.889 bits per heavy atom. The SMILES string of the molecule is Cc1ccc(C)c(NC(=O)C(OC(=O)c2ccc(NS(=O)(=O)c3cccs3)cc2)c2ccccc2)c1. The maximum Gasteiger partial charge on any atom is 0.339 e. The standard InChI is InChI=1S/C27H24N2O5S2/c1-18-10-11-19(2)23(17-18)28-26(30)25(20-7-4-3-5-8-20)34-27(31)21-12-14-22(15-13-21)29-36(32,33)24-9-6-16-35-24/h3-17,25,29H,1-2H3,(H,28,30). The lowest BCUT2D eigenvalue weighted by atomic mass is 10.1. The molecule has 3 aromatic carbocycles. The molecule has 2 N–H and O–H groups in total. The first kappa shape index (κ1) is 25.2. The summed E-state index contributed by atoms with van der Waals surface area (Å²) >= 11 is 1.10. The highest BCUT2D eigenvalue weighted by molar-refractivity contribution is 7.94. The molecule has 0 spiro atoms. The largest absolute Gasteiger partial charge is 0.444 e. The average Bonchev–Trinajstić information content (AvgIpc) is 3.42. The zero-order valence-corrected chi connectivity index (χ0v) is 21.2. The van der Waals surface area contributed by atoms with E-state index in [1.54, 1.807) is 41.8 Å². The normalized spacial score (nSPS) is 11.9. The van der Waals surface area contributed by atoms with Gasteiger partial charge in [0.1, 0.15) is 4.21 Å². The smallest absolute Gasteiger partial charge is 0.339 e. The van der Waals surface area contributed by atoms with Gasteiger partial charge in [-0.3, -0.25) is 9.52 Å². The molecule has 1 atom stereocenters. The van der Waals surface area contributed by atoms with Crippen LogP contribution in [0.5, 0.6) is 0 Å². The van der Waals surface area contributed by atoms with Gasteiger partial charge in [-0.25, -0.2) is 13.2 Å². The van der Waals surface area contributed by atoms with Crippen molar-refractivity contribution in [2.75, 3.05) is 10.0 Å². The van der Waals surface area contributed by atoms with Crippen LogP contribution in [0.4, 0.5) is 11.4 Å². The minimum atomic E-state index is -3.71. The van der Waals surface area contributed by atoms with E-state index in [1.165, 1.54) is 30.3 Å². The Balaban J connectivity index is 1.52. The summed E-state index contributed by atoms with van der Waals surface area (Å²) in [7, 11) is -3.71. The molecule has 0 aliphatic carbocycles. The fourth-order valence-electron chi connectivity index (χ4n) is 3.44. The van der Waals surface area contributed by atoms with Gasteiger partial charge >= 0.3 is 5.97 Å². The Bertz CT molecular complexity index is 1470. The van der Waals surface area contributed by atoms with Crippen molar-refractivity contribution < 1.29 is 22.7 Å². The molecular weight excluding hydrogens is 496 g/mol. The van der Waals surface area contributed by atoms with Crippen LogP contribution < -0.4 is 10.0 Å². The minimum Gasteiger partial charge on any atom is -0.444 e. The number of hydrogen-bond acceptors (Lipinski definition) is 6. The number of carbonyl (C=O) groups excluding carboxylic acids is 2. The second-order valence-corrected chi connectivity index (χ2v) is 11.0. The van der Waals surface area contributed by atoms with Gasteiger partial charge in [0.2, 0.25) is 6.10 Å². The average molecular weight is 521 g/mol. The number of carbonyl (C=O) groups is 2. The molecular formula is C27H24N2O5S2. The first-order chi connectivity index (χ1) is 17.2. The molecule has 0 saturated heterocycles. The molecule has 1 aromatic heterocycles. The van der Waals surface area contributed by atoms with E-state index in [9.17, 15) is 18.0 Å². The fourth-order valence-corrected chi connectivity index (χ4v) is 5.49. The lowest BCUT2D eigenvalue weighted by Crippen LogP contribution is -2.26. The molecule has 4 aromatic rings. The van der Waals surface area contributed by atoms with E-state index < -0.39 is 28.0 Å². The number of sulfonamides is 1. The van der Waals surface area contributed by atoms with Gasteiger partial charge in [-0.1, -0.05) is 48.5 Å². The highest BCUT2D eigenvalue weighted by atomic mass is 32.2. The molecule has 0 bridgehead atoms. The Kier molecular flexibility index (Phi) is 7.52. The highest BCUT2D eigenvalue weighted by Gasteiger charge is 2.26. The summed E-state index contributed by atoms with van der Waals surface area (Å²) in [6.07, 6.45) is -1.18. The van der Waals surface area contributed by atoms with E-state index >= 15 is 0 Å². The second-order valence-electron chi connectivity index (χ2n) is 8.12. The van der Waals surface area contributed by atoms with Crippen molar-refractivity contribution in [2.24, 2.45) is 0 Å². The van der Waals surface area contributed by atoms with E-state index in [4.69, 9.17) is 4.74 Å². The van der Waals surface area contributed by atoms with Crippen molar-refractivity contribution in [1.82, 2.24) is 0 Å². The number of rotatable bonds is 8. The van der Waals surface area contributed by atoms with Crippen LogP contribution in [-0.4, -0.2) is 20.3 Å². The quantitative estimate of drug-likeness (QED) is 0.290. The minimum absolute atomic E-state index is 0.175. The zero-order valence-electron chi connectivity index (χ0n) is 19.6. The summed E-state index contributed by atoms with van der Waals surface area (Å²) in [5, 5.41) is 4.54. The molecule has 7 nitrogen and oxygen atoms in total. The van der Waals surface area contributed by atoms with E-state index in [0.29, 0.717) is 16.9 Å². The third kappa shape index (κ3) is 5.99. The number of anilines is 2. The van der Waals surface area contributed by atoms with Crippen LogP contribution in [0.1, 0.15) is 33.2 Å². The summed E-state index contributed by atoms with van der Waals surface area (Å²) < 4.78 is 33.1.